The van der Waals surface area contributed by atoms with Crippen LogP contribution in [0.3, 0.4) is 0 Å². The van der Waals surface area contributed by atoms with Gasteiger partial charge in [-0.05, 0) is 109 Å². The molecule has 0 heterocycles. The van der Waals surface area contributed by atoms with Crippen molar-refractivity contribution in [2.45, 2.75) is 119 Å². The average molecular weight is 471 g/mol. The Balaban J connectivity index is 1.60. The van der Waals surface area contributed by atoms with E-state index in [4.69, 9.17) is 4.74 Å². The van der Waals surface area contributed by atoms with Gasteiger partial charge < -0.3 is 9.84 Å². The summed E-state index contributed by atoms with van der Waals surface area (Å²) in [6, 6.07) is 0. The average Bonchev–Trinajstić information content (AvgIpc) is 2.76. The molecule has 4 saturated carbocycles. The second kappa shape index (κ2) is 7.36. The van der Waals surface area contributed by atoms with E-state index in [1.165, 1.54) is 12.8 Å². The Labute approximate surface area is 208 Å². The minimum absolute atomic E-state index is 0.0147. The van der Waals surface area contributed by atoms with Gasteiger partial charge in [0.25, 0.3) is 0 Å². The third kappa shape index (κ3) is 2.94. The molecule has 0 bridgehead atoms. The number of esters is 1. The maximum Gasteiger partial charge on any atom is 0.312 e. The van der Waals surface area contributed by atoms with Crippen LogP contribution < -0.4 is 0 Å². The van der Waals surface area contributed by atoms with Crippen LogP contribution in [0.1, 0.15) is 113 Å². The molecule has 0 saturated heterocycles. The van der Waals surface area contributed by atoms with E-state index in [-0.39, 0.29) is 44.6 Å². The van der Waals surface area contributed by atoms with Gasteiger partial charge in [-0.1, -0.05) is 60.1 Å². The Morgan fingerprint density at radius 2 is 1.59 bits per heavy atom. The van der Waals surface area contributed by atoms with Gasteiger partial charge in [0.2, 0.25) is 0 Å². The molecule has 3 heteroatoms. The van der Waals surface area contributed by atoms with E-state index >= 15 is 0 Å². The molecule has 0 aromatic carbocycles. The van der Waals surface area contributed by atoms with Crippen LogP contribution in [-0.2, 0) is 9.53 Å². The van der Waals surface area contributed by atoms with Crippen molar-refractivity contribution >= 4 is 5.97 Å². The highest BCUT2D eigenvalue weighted by Crippen LogP contribution is 2.75. The molecule has 0 amide bonds. The maximum atomic E-state index is 13.3. The molecule has 0 aliphatic heterocycles. The number of rotatable bonds is 1. The summed E-state index contributed by atoms with van der Waals surface area (Å²) in [4.78, 5) is 13.3. The van der Waals surface area contributed by atoms with Crippen molar-refractivity contribution in [3.8, 4) is 0 Å². The molecule has 5 aliphatic rings. The fourth-order valence-corrected chi connectivity index (χ4v) is 10.8. The van der Waals surface area contributed by atoms with Gasteiger partial charge in [-0.3, -0.25) is 4.79 Å². The fourth-order valence-electron chi connectivity index (χ4n) is 10.8. The van der Waals surface area contributed by atoms with E-state index in [9.17, 15) is 9.90 Å². The summed E-state index contributed by atoms with van der Waals surface area (Å²) in [5.41, 5.74) is 2.18. The van der Waals surface area contributed by atoms with Crippen molar-refractivity contribution in [2.75, 3.05) is 7.11 Å². The predicted octanol–water partition coefficient (Wildman–Crippen LogP) is 7.32. The van der Waals surface area contributed by atoms with Gasteiger partial charge in [-0.2, -0.15) is 0 Å². The normalized spacial score (nSPS) is 51.1. The van der Waals surface area contributed by atoms with Crippen LogP contribution in [0.2, 0.25) is 0 Å². The third-order valence-corrected chi connectivity index (χ3v) is 13.2. The Morgan fingerprint density at radius 1 is 0.912 bits per heavy atom. The molecule has 5 rings (SSSR count). The number of methoxy groups -OCH3 is 1. The van der Waals surface area contributed by atoms with Gasteiger partial charge in [0.1, 0.15) is 0 Å². The molecule has 192 valence electrons. The van der Waals surface area contributed by atoms with Crippen LogP contribution in [0.15, 0.2) is 11.6 Å². The standard InChI is InChI=1S/C31H50O3/c1-26(2)15-17-31(25(33)34-8)18-16-29(6)20(21(31)19-26)9-10-23-28(5)13-12-24(32)27(3,4)22(28)11-14-30(23,29)7/h9,21-24,32H,10-19H2,1-8H3/t21-,22+,23-,24-,28-,29+,30+,31+/m0/s1. The minimum atomic E-state index is -0.323. The summed E-state index contributed by atoms with van der Waals surface area (Å²) >= 11 is 0. The van der Waals surface area contributed by atoms with E-state index in [0.29, 0.717) is 17.8 Å². The Morgan fingerprint density at radius 3 is 2.26 bits per heavy atom. The predicted molar refractivity (Wildman–Crippen MR) is 137 cm³/mol. The van der Waals surface area contributed by atoms with Crippen LogP contribution in [0, 0.1) is 50.2 Å². The smallest absolute Gasteiger partial charge is 0.312 e. The largest absolute Gasteiger partial charge is 0.469 e. The van der Waals surface area contributed by atoms with Crippen LogP contribution in [0.25, 0.3) is 0 Å². The van der Waals surface area contributed by atoms with Gasteiger partial charge >= 0.3 is 5.97 Å². The topological polar surface area (TPSA) is 46.5 Å². The fraction of sp³-hybridized carbons (Fsp3) is 0.903. The van der Waals surface area contributed by atoms with Crippen molar-refractivity contribution < 1.29 is 14.6 Å². The lowest BCUT2D eigenvalue weighted by Crippen LogP contribution is -2.65. The van der Waals surface area contributed by atoms with Crippen molar-refractivity contribution in [2.24, 2.45) is 50.2 Å². The van der Waals surface area contributed by atoms with Gasteiger partial charge in [0.15, 0.2) is 0 Å². The van der Waals surface area contributed by atoms with E-state index in [0.717, 1.165) is 51.4 Å². The van der Waals surface area contributed by atoms with Crippen molar-refractivity contribution in [3.05, 3.63) is 11.6 Å². The number of fused-ring (bicyclic) bond motifs is 7. The van der Waals surface area contributed by atoms with Crippen LogP contribution in [0.5, 0.6) is 0 Å². The van der Waals surface area contributed by atoms with Gasteiger partial charge in [0.05, 0.1) is 18.6 Å². The first kappa shape index (κ1) is 24.8. The Bertz CT molecular complexity index is 900. The molecule has 0 aromatic rings. The van der Waals surface area contributed by atoms with Gasteiger partial charge in [-0.15, -0.1) is 0 Å². The molecule has 34 heavy (non-hydrogen) atoms. The molecular weight excluding hydrogens is 420 g/mol. The van der Waals surface area contributed by atoms with Crippen molar-refractivity contribution in [1.82, 2.24) is 0 Å². The van der Waals surface area contributed by atoms with E-state index in [1.807, 2.05) is 0 Å². The number of allylic oxidation sites excluding steroid dienone is 2. The lowest BCUT2D eigenvalue weighted by Gasteiger charge is -2.71. The minimum Gasteiger partial charge on any atom is -0.469 e. The summed E-state index contributed by atoms with van der Waals surface area (Å²) < 4.78 is 5.49. The summed E-state index contributed by atoms with van der Waals surface area (Å²) in [6.45, 7) is 17.2. The first-order chi connectivity index (χ1) is 15.7. The lowest BCUT2D eigenvalue weighted by molar-refractivity contribution is -0.206. The Kier molecular flexibility index (Phi) is 5.38. The highest BCUT2D eigenvalue weighted by atomic mass is 16.5. The molecular formula is C31H50O3. The van der Waals surface area contributed by atoms with E-state index in [2.05, 4.69) is 54.5 Å². The zero-order valence-corrected chi connectivity index (χ0v) is 23.2. The summed E-state index contributed by atoms with van der Waals surface area (Å²) in [6.07, 6.45) is 13.4. The zero-order chi connectivity index (χ0) is 24.9. The molecule has 1 N–H and O–H groups in total. The quantitative estimate of drug-likeness (QED) is 0.322. The first-order valence-electron chi connectivity index (χ1n) is 14.2. The molecule has 8 atom stereocenters. The Hall–Kier alpha value is -0.830. The monoisotopic (exact) mass is 470 g/mol. The molecule has 3 nitrogen and oxygen atoms in total. The summed E-state index contributed by atoms with van der Waals surface area (Å²) in [5, 5.41) is 10.9. The number of ether oxygens (including phenoxy) is 1. The number of carbonyl (C=O) groups is 1. The molecule has 0 unspecified atom stereocenters. The molecule has 0 spiro atoms. The lowest BCUT2D eigenvalue weighted by atomic mass is 9.33. The maximum absolute atomic E-state index is 13.3. The van der Waals surface area contributed by atoms with Crippen LogP contribution in [-0.4, -0.2) is 24.3 Å². The highest BCUT2D eigenvalue weighted by Gasteiger charge is 2.69. The highest BCUT2D eigenvalue weighted by molar-refractivity contribution is 5.78. The van der Waals surface area contributed by atoms with E-state index < -0.39 is 0 Å². The second-order valence-electron chi connectivity index (χ2n) is 15.2. The van der Waals surface area contributed by atoms with E-state index in [1.54, 1.807) is 12.7 Å². The summed E-state index contributed by atoms with van der Waals surface area (Å²) in [7, 11) is 1.59. The second-order valence-corrected chi connectivity index (χ2v) is 15.2. The number of hydrogen-bond acceptors (Lipinski definition) is 3. The van der Waals surface area contributed by atoms with Crippen LogP contribution in [0.4, 0.5) is 0 Å². The number of aliphatic hydroxyl groups is 1. The first-order valence-corrected chi connectivity index (χ1v) is 14.2. The number of carbonyl (C=O) groups excluding carboxylic acids is 1. The van der Waals surface area contributed by atoms with Gasteiger partial charge in [-0.25, -0.2) is 0 Å². The molecule has 5 aliphatic carbocycles. The number of hydrogen-bond donors (Lipinski definition) is 1. The SMILES string of the molecule is COC(=O)[C@@]12CCC(C)(C)C[C@H]1C1=CC[C@H]3[C@@]4(C)CC[C@H](O)C(C)(C)[C@H]4CC[C@@]3(C)[C@]1(C)CC2. The van der Waals surface area contributed by atoms with Crippen molar-refractivity contribution in [1.29, 1.82) is 0 Å². The molecule has 4 fully saturated rings. The zero-order valence-electron chi connectivity index (χ0n) is 23.2. The number of aliphatic hydroxyl groups excluding tert-OH is 1. The van der Waals surface area contributed by atoms with Crippen LogP contribution >= 0.6 is 0 Å². The van der Waals surface area contributed by atoms with Crippen molar-refractivity contribution in [3.63, 3.8) is 0 Å². The van der Waals surface area contributed by atoms with Gasteiger partial charge in [0, 0.05) is 0 Å². The summed E-state index contributed by atoms with van der Waals surface area (Å²) in [5.74, 6) is 1.57. The molecule has 0 radical (unpaired) electrons. The molecule has 0 aromatic heterocycles. The third-order valence-electron chi connectivity index (χ3n) is 13.2.